The highest BCUT2D eigenvalue weighted by molar-refractivity contribution is 5.89. The normalized spacial score (nSPS) is 24.8. The first-order valence-corrected chi connectivity index (χ1v) is 8.69. The van der Waals surface area contributed by atoms with Gasteiger partial charge in [0, 0.05) is 11.1 Å². The van der Waals surface area contributed by atoms with Gasteiger partial charge in [0.05, 0.1) is 26.7 Å². The number of fused-ring (bicyclic) bond motifs is 4. The van der Waals surface area contributed by atoms with Crippen molar-refractivity contribution in [2.24, 2.45) is 0 Å². The summed E-state index contributed by atoms with van der Waals surface area (Å²) in [4.78, 5) is 13.1. The molecule has 1 fully saturated rings. The molecule has 6 heteroatoms. The van der Waals surface area contributed by atoms with E-state index in [4.69, 9.17) is 23.7 Å². The van der Waals surface area contributed by atoms with Gasteiger partial charge in [0.15, 0.2) is 11.5 Å². The highest BCUT2D eigenvalue weighted by Gasteiger charge is 2.63. The van der Waals surface area contributed by atoms with Crippen LogP contribution in [0, 0.1) is 0 Å². The smallest absolute Gasteiger partial charge is 0.350 e. The van der Waals surface area contributed by atoms with Gasteiger partial charge in [-0.2, -0.15) is 0 Å². The highest BCUT2D eigenvalue weighted by Crippen LogP contribution is 2.55. The first kappa shape index (κ1) is 17.7. The molecular weight excluding hydrogens is 348 g/mol. The van der Waals surface area contributed by atoms with E-state index < -0.39 is 23.3 Å². The molecule has 2 atom stereocenters. The number of carbonyl (C=O) groups is 1. The van der Waals surface area contributed by atoms with E-state index in [1.165, 1.54) is 0 Å². The molecule has 0 radical (unpaired) electrons. The first-order chi connectivity index (χ1) is 12.9. The highest BCUT2D eigenvalue weighted by atomic mass is 16.8. The second-order valence-electron chi connectivity index (χ2n) is 7.24. The lowest BCUT2D eigenvalue weighted by Gasteiger charge is -2.40. The number of methoxy groups -OCH3 is 3. The minimum absolute atomic E-state index is 0.434. The Hall–Kier alpha value is -2.73. The molecular formula is C21H22O6. The van der Waals surface area contributed by atoms with Crippen molar-refractivity contribution in [1.29, 1.82) is 0 Å². The van der Waals surface area contributed by atoms with Crippen LogP contribution in [0.3, 0.4) is 0 Å². The van der Waals surface area contributed by atoms with Crippen molar-refractivity contribution >= 4 is 5.97 Å². The van der Waals surface area contributed by atoms with Crippen LogP contribution in [0.25, 0.3) is 0 Å². The Kier molecular flexibility index (Phi) is 3.85. The Morgan fingerprint density at radius 3 is 2.04 bits per heavy atom. The summed E-state index contributed by atoms with van der Waals surface area (Å²) in [6.07, 6.45) is -0.697. The van der Waals surface area contributed by atoms with Crippen LogP contribution in [-0.2, 0) is 25.3 Å². The van der Waals surface area contributed by atoms with Crippen LogP contribution in [0.15, 0.2) is 36.4 Å². The molecule has 27 heavy (non-hydrogen) atoms. The molecule has 2 aromatic rings. The summed E-state index contributed by atoms with van der Waals surface area (Å²) in [6, 6.07) is 11.0. The second kappa shape index (κ2) is 5.89. The van der Waals surface area contributed by atoms with Crippen molar-refractivity contribution in [3.05, 3.63) is 53.1 Å². The first-order valence-electron chi connectivity index (χ1n) is 8.69. The van der Waals surface area contributed by atoms with E-state index >= 15 is 0 Å². The lowest BCUT2D eigenvalue weighted by Crippen LogP contribution is -2.45. The fraction of sp³-hybridized carbons (Fsp3) is 0.381. The summed E-state index contributed by atoms with van der Waals surface area (Å²) >= 11 is 0. The van der Waals surface area contributed by atoms with Gasteiger partial charge in [0.2, 0.25) is 11.9 Å². The predicted octanol–water partition coefficient (Wildman–Crippen LogP) is 3.15. The molecule has 2 bridgehead atoms. The van der Waals surface area contributed by atoms with Gasteiger partial charge < -0.3 is 23.7 Å². The standard InChI is InChI=1S/C21H22O6/c1-20(2)14-10-16(24-4)17(25-5)11-15(14)21(18(22)26-19(20)27-21)12-6-8-13(23-3)9-7-12/h6-11,19H,1-5H3. The molecule has 6 nitrogen and oxygen atoms in total. The fourth-order valence-electron chi connectivity index (χ4n) is 3.88. The molecule has 4 rings (SSSR count). The summed E-state index contributed by atoms with van der Waals surface area (Å²) < 4.78 is 28.1. The lowest BCUT2D eigenvalue weighted by atomic mass is 9.72. The van der Waals surface area contributed by atoms with Crippen molar-refractivity contribution in [2.45, 2.75) is 31.2 Å². The third kappa shape index (κ3) is 2.26. The third-order valence-electron chi connectivity index (χ3n) is 5.47. The zero-order valence-corrected chi connectivity index (χ0v) is 16.0. The van der Waals surface area contributed by atoms with Crippen LogP contribution < -0.4 is 14.2 Å². The molecule has 0 saturated carbocycles. The van der Waals surface area contributed by atoms with E-state index in [0.29, 0.717) is 28.4 Å². The number of benzene rings is 2. The van der Waals surface area contributed by atoms with E-state index in [-0.39, 0.29) is 0 Å². The summed E-state index contributed by atoms with van der Waals surface area (Å²) in [5, 5.41) is 0. The fourth-order valence-corrected chi connectivity index (χ4v) is 3.88. The molecule has 142 valence electrons. The zero-order valence-electron chi connectivity index (χ0n) is 16.0. The molecule has 0 aliphatic carbocycles. The van der Waals surface area contributed by atoms with Gasteiger partial charge in [-0.05, 0) is 43.7 Å². The Bertz CT molecular complexity index is 902. The average Bonchev–Trinajstić information content (AvgIpc) is 3.02. The molecule has 0 spiro atoms. The number of carbonyl (C=O) groups excluding carboxylic acids is 1. The second-order valence-corrected chi connectivity index (χ2v) is 7.24. The topological polar surface area (TPSA) is 63.2 Å². The van der Waals surface area contributed by atoms with Gasteiger partial charge in [-0.3, -0.25) is 0 Å². The zero-order chi connectivity index (χ0) is 19.4. The molecule has 0 amide bonds. The molecule has 0 aromatic heterocycles. The number of ether oxygens (including phenoxy) is 5. The van der Waals surface area contributed by atoms with Crippen molar-refractivity contribution < 1.29 is 28.5 Å². The monoisotopic (exact) mass is 370 g/mol. The number of hydrogen-bond donors (Lipinski definition) is 0. The van der Waals surface area contributed by atoms with Crippen LogP contribution in [0.5, 0.6) is 17.2 Å². The summed E-state index contributed by atoms with van der Waals surface area (Å²) in [5.41, 5.74) is 0.421. The largest absolute Gasteiger partial charge is 0.497 e. The van der Waals surface area contributed by atoms with Gasteiger partial charge >= 0.3 is 5.97 Å². The van der Waals surface area contributed by atoms with Gasteiger partial charge in [-0.25, -0.2) is 4.79 Å². The van der Waals surface area contributed by atoms with Crippen LogP contribution in [-0.4, -0.2) is 33.6 Å². The minimum atomic E-state index is -1.35. The molecule has 0 N–H and O–H groups in total. The SMILES string of the molecule is COc1ccc(C23OC(OC2=O)C(C)(C)c2cc(OC)c(OC)cc23)cc1. The van der Waals surface area contributed by atoms with E-state index in [2.05, 4.69) is 0 Å². The number of hydrogen-bond acceptors (Lipinski definition) is 6. The summed E-state index contributed by atoms with van der Waals surface area (Å²) in [7, 11) is 4.75. The molecule has 2 heterocycles. The third-order valence-corrected chi connectivity index (χ3v) is 5.47. The van der Waals surface area contributed by atoms with Crippen molar-refractivity contribution in [3.63, 3.8) is 0 Å². The lowest BCUT2D eigenvalue weighted by molar-refractivity contribution is -0.149. The van der Waals surface area contributed by atoms with Crippen molar-refractivity contribution in [2.75, 3.05) is 21.3 Å². The number of rotatable bonds is 4. The Morgan fingerprint density at radius 2 is 1.48 bits per heavy atom. The maximum Gasteiger partial charge on any atom is 0.350 e. The van der Waals surface area contributed by atoms with E-state index in [0.717, 1.165) is 5.56 Å². The van der Waals surface area contributed by atoms with Crippen molar-refractivity contribution in [3.8, 4) is 17.2 Å². The minimum Gasteiger partial charge on any atom is -0.497 e. The van der Waals surface area contributed by atoms with Crippen LogP contribution in [0.4, 0.5) is 0 Å². The average molecular weight is 370 g/mol. The van der Waals surface area contributed by atoms with Gasteiger partial charge in [-0.15, -0.1) is 0 Å². The Morgan fingerprint density at radius 1 is 0.889 bits per heavy atom. The van der Waals surface area contributed by atoms with Gasteiger partial charge in [0.25, 0.3) is 0 Å². The predicted molar refractivity (Wildman–Crippen MR) is 97.3 cm³/mol. The van der Waals surface area contributed by atoms with E-state index in [9.17, 15) is 4.79 Å². The maximum absolute atomic E-state index is 13.1. The number of esters is 1. The van der Waals surface area contributed by atoms with Crippen molar-refractivity contribution in [1.82, 2.24) is 0 Å². The Balaban J connectivity index is 2.01. The maximum atomic E-state index is 13.1. The molecule has 2 aliphatic rings. The Labute approximate surface area is 157 Å². The van der Waals surface area contributed by atoms with Crippen LogP contribution in [0.2, 0.25) is 0 Å². The van der Waals surface area contributed by atoms with E-state index in [1.807, 2.05) is 38.1 Å². The van der Waals surface area contributed by atoms with Gasteiger partial charge in [-0.1, -0.05) is 12.1 Å². The van der Waals surface area contributed by atoms with E-state index in [1.54, 1.807) is 33.5 Å². The van der Waals surface area contributed by atoms with Gasteiger partial charge in [0.1, 0.15) is 5.75 Å². The quantitative estimate of drug-likeness (QED) is 0.771. The summed E-state index contributed by atoms with van der Waals surface area (Å²) in [6.45, 7) is 3.97. The molecule has 1 saturated heterocycles. The van der Waals surface area contributed by atoms with Crippen LogP contribution >= 0.6 is 0 Å². The molecule has 2 aliphatic heterocycles. The summed E-state index contributed by atoms with van der Waals surface area (Å²) in [5.74, 6) is 1.39. The molecule has 2 aromatic carbocycles. The molecule has 2 unspecified atom stereocenters. The van der Waals surface area contributed by atoms with Crippen LogP contribution in [0.1, 0.15) is 30.5 Å².